The summed E-state index contributed by atoms with van der Waals surface area (Å²) in [6, 6.07) is 14.1. The summed E-state index contributed by atoms with van der Waals surface area (Å²) in [4.78, 5) is 2.16. The molecule has 9 heteroatoms. The summed E-state index contributed by atoms with van der Waals surface area (Å²) in [6.07, 6.45) is 0. The van der Waals surface area contributed by atoms with Gasteiger partial charge in [-0.15, -0.1) is 4.83 Å². The summed E-state index contributed by atoms with van der Waals surface area (Å²) < 4.78 is 35.1. The highest BCUT2D eigenvalue weighted by molar-refractivity contribution is 7.89. The predicted molar refractivity (Wildman–Crippen MR) is 98.9 cm³/mol. The largest absolute Gasteiger partial charge is 0.497 e. The molecule has 0 saturated carbocycles. The van der Waals surface area contributed by atoms with Crippen LogP contribution in [-0.4, -0.2) is 27.7 Å². The Hall–Kier alpha value is -2.36. The average Bonchev–Trinajstić information content (AvgIpc) is 2.65. The highest BCUT2D eigenvalue weighted by Crippen LogP contribution is 2.27. The van der Waals surface area contributed by atoms with Crippen LogP contribution < -0.4 is 25.0 Å². The van der Waals surface area contributed by atoms with E-state index < -0.39 is 10.0 Å². The normalized spacial score (nSPS) is 10.8. The smallest absolute Gasteiger partial charge is 0.261 e. The van der Waals surface area contributed by atoms with Gasteiger partial charge in [-0.1, -0.05) is 30.3 Å². The molecule has 0 spiro atoms. The monoisotopic (exact) mass is 381 g/mol. The Kier molecular flexibility index (Phi) is 6.57. The van der Waals surface area contributed by atoms with Gasteiger partial charge in [-0.25, -0.2) is 8.42 Å². The number of benzene rings is 2. The Morgan fingerprint density at radius 3 is 2.44 bits per heavy atom. The first kappa shape index (κ1) is 19.0. The van der Waals surface area contributed by atoms with Gasteiger partial charge in [0, 0.05) is 12.6 Å². The van der Waals surface area contributed by atoms with Crippen LogP contribution in [0.25, 0.3) is 0 Å². The van der Waals surface area contributed by atoms with Gasteiger partial charge in [0.2, 0.25) is 0 Å². The molecule has 0 aliphatic rings. The molecule has 7 nitrogen and oxygen atoms in total. The molecule has 3 N–H and O–H groups in total. The second-order valence-electron chi connectivity index (χ2n) is 4.92. The van der Waals surface area contributed by atoms with Gasteiger partial charge in [0.05, 0.1) is 14.2 Å². The van der Waals surface area contributed by atoms with Gasteiger partial charge >= 0.3 is 0 Å². The molecule has 0 aliphatic carbocycles. The number of thiocarbonyl (C=S) groups is 1. The van der Waals surface area contributed by atoms with Crippen molar-refractivity contribution in [3.63, 3.8) is 0 Å². The summed E-state index contributed by atoms with van der Waals surface area (Å²) in [5, 5.41) is 3.06. The second-order valence-corrected chi connectivity index (χ2v) is 6.97. The Balaban J connectivity index is 2.00. The van der Waals surface area contributed by atoms with Crippen molar-refractivity contribution in [2.45, 2.75) is 11.4 Å². The molecule has 2 aromatic carbocycles. The van der Waals surface area contributed by atoms with Gasteiger partial charge in [-0.2, -0.15) is 0 Å². The van der Waals surface area contributed by atoms with Crippen molar-refractivity contribution in [3.8, 4) is 11.5 Å². The lowest BCUT2D eigenvalue weighted by molar-refractivity contribution is 0.392. The van der Waals surface area contributed by atoms with Crippen molar-refractivity contribution in [1.82, 2.24) is 15.6 Å². The summed E-state index contributed by atoms with van der Waals surface area (Å²) in [5.41, 5.74) is 3.48. The summed E-state index contributed by atoms with van der Waals surface area (Å²) in [5.74, 6) is 0.587. The van der Waals surface area contributed by atoms with Gasteiger partial charge in [0.25, 0.3) is 10.0 Å². The summed E-state index contributed by atoms with van der Waals surface area (Å²) in [6.45, 7) is 0.469. The van der Waals surface area contributed by atoms with Crippen LogP contribution in [-0.2, 0) is 16.6 Å². The molecule has 0 atom stereocenters. The number of rotatable bonds is 7. The fraction of sp³-hybridized carbons (Fsp3) is 0.188. The van der Waals surface area contributed by atoms with Crippen LogP contribution in [0, 0.1) is 0 Å². The fourth-order valence-electron chi connectivity index (χ4n) is 1.98. The zero-order chi connectivity index (χ0) is 18.3. The second kappa shape index (κ2) is 8.65. The van der Waals surface area contributed by atoms with E-state index in [9.17, 15) is 8.42 Å². The molecule has 0 saturated heterocycles. The van der Waals surface area contributed by atoms with E-state index in [4.69, 9.17) is 21.7 Å². The quantitative estimate of drug-likeness (QED) is 0.495. The Morgan fingerprint density at radius 2 is 1.80 bits per heavy atom. The predicted octanol–water partition coefficient (Wildman–Crippen LogP) is 1.56. The summed E-state index contributed by atoms with van der Waals surface area (Å²) >= 11 is 5.08. The molecule has 2 aromatic rings. The highest BCUT2D eigenvalue weighted by Gasteiger charge is 2.20. The third-order valence-corrected chi connectivity index (χ3v) is 4.77. The molecule has 0 unspecified atom stereocenters. The van der Waals surface area contributed by atoms with Crippen LogP contribution in [0.3, 0.4) is 0 Å². The van der Waals surface area contributed by atoms with Gasteiger partial charge in [-0.05, 0) is 29.9 Å². The Morgan fingerprint density at radius 1 is 1.08 bits per heavy atom. The first-order valence-electron chi connectivity index (χ1n) is 7.28. The first-order chi connectivity index (χ1) is 12.0. The van der Waals surface area contributed by atoms with Crippen LogP contribution in [0.2, 0.25) is 0 Å². The van der Waals surface area contributed by atoms with Crippen molar-refractivity contribution in [2.75, 3.05) is 14.2 Å². The number of sulfonamides is 1. The van der Waals surface area contributed by atoms with Crippen LogP contribution in [0.1, 0.15) is 5.56 Å². The molecule has 0 fully saturated rings. The van der Waals surface area contributed by atoms with Crippen molar-refractivity contribution >= 4 is 27.4 Å². The molecule has 2 rings (SSSR count). The number of methoxy groups -OCH3 is 2. The first-order valence-corrected chi connectivity index (χ1v) is 9.17. The third kappa shape index (κ3) is 5.31. The van der Waals surface area contributed by atoms with Crippen molar-refractivity contribution < 1.29 is 17.9 Å². The number of hydrogen-bond donors (Lipinski definition) is 3. The van der Waals surface area contributed by atoms with E-state index in [0.717, 1.165) is 5.56 Å². The Labute approximate surface area is 152 Å². The van der Waals surface area contributed by atoms with Crippen molar-refractivity contribution in [3.05, 3.63) is 54.1 Å². The Bertz CT molecular complexity index is 827. The SMILES string of the molecule is COc1ccc(OC)c(S(=O)(=O)NNC(=S)NCc2ccccc2)c1. The number of nitrogens with one attached hydrogen (secondary N) is 3. The van der Waals surface area contributed by atoms with Crippen LogP contribution in [0.5, 0.6) is 11.5 Å². The van der Waals surface area contributed by atoms with Crippen LogP contribution in [0.15, 0.2) is 53.4 Å². The van der Waals surface area contributed by atoms with Crippen LogP contribution in [0.4, 0.5) is 0 Å². The van der Waals surface area contributed by atoms with Crippen LogP contribution >= 0.6 is 12.2 Å². The lowest BCUT2D eigenvalue weighted by Crippen LogP contribution is -2.46. The van der Waals surface area contributed by atoms with E-state index in [-0.39, 0.29) is 15.8 Å². The fourth-order valence-corrected chi connectivity index (χ4v) is 3.21. The van der Waals surface area contributed by atoms with Crippen molar-refractivity contribution in [2.24, 2.45) is 0 Å². The van der Waals surface area contributed by atoms with Gasteiger partial charge < -0.3 is 14.8 Å². The molecule has 0 amide bonds. The topological polar surface area (TPSA) is 88.7 Å². The lowest BCUT2D eigenvalue weighted by atomic mass is 10.2. The maximum atomic E-state index is 12.5. The molecule has 0 heterocycles. The minimum Gasteiger partial charge on any atom is -0.497 e. The standard InChI is InChI=1S/C16H19N3O4S2/c1-22-13-8-9-14(23-2)15(10-13)25(20,21)19-18-16(24)17-11-12-6-4-3-5-7-12/h3-10,19H,11H2,1-2H3,(H2,17,18,24). The number of ether oxygens (including phenoxy) is 2. The molecule has 0 aromatic heterocycles. The highest BCUT2D eigenvalue weighted by atomic mass is 32.2. The van der Waals surface area contributed by atoms with Gasteiger partial charge in [0.15, 0.2) is 5.11 Å². The van der Waals surface area contributed by atoms with E-state index in [1.54, 1.807) is 6.07 Å². The van der Waals surface area contributed by atoms with Gasteiger partial charge in [0.1, 0.15) is 16.4 Å². The van der Waals surface area contributed by atoms with E-state index in [1.807, 2.05) is 30.3 Å². The number of hydrogen-bond acceptors (Lipinski definition) is 5. The van der Waals surface area contributed by atoms with Gasteiger partial charge in [-0.3, -0.25) is 5.43 Å². The maximum absolute atomic E-state index is 12.5. The minimum atomic E-state index is -3.91. The molecule has 25 heavy (non-hydrogen) atoms. The molecule has 134 valence electrons. The zero-order valence-electron chi connectivity index (χ0n) is 13.8. The van der Waals surface area contributed by atoms with Crippen molar-refractivity contribution in [1.29, 1.82) is 0 Å². The van der Waals surface area contributed by atoms with E-state index in [2.05, 4.69) is 15.6 Å². The van der Waals surface area contributed by atoms with E-state index in [1.165, 1.54) is 26.4 Å². The lowest BCUT2D eigenvalue weighted by Gasteiger charge is -2.14. The molecular weight excluding hydrogens is 362 g/mol. The minimum absolute atomic E-state index is 0.0623. The third-order valence-electron chi connectivity index (χ3n) is 3.26. The van der Waals surface area contributed by atoms with E-state index >= 15 is 0 Å². The molecule has 0 radical (unpaired) electrons. The number of hydrazine groups is 1. The molecular formula is C16H19N3O4S2. The molecule has 0 aliphatic heterocycles. The summed E-state index contributed by atoms with van der Waals surface area (Å²) in [7, 11) is -1.07. The maximum Gasteiger partial charge on any atom is 0.261 e. The average molecular weight is 381 g/mol. The molecule has 0 bridgehead atoms. The zero-order valence-corrected chi connectivity index (χ0v) is 15.4. The van der Waals surface area contributed by atoms with E-state index in [0.29, 0.717) is 12.3 Å².